The van der Waals surface area contributed by atoms with Crippen LogP contribution in [-0.4, -0.2) is 44.1 Å². The van der Waals surface area contributed by atoms with Crippen molar-refractivity contribution in [3.63, 3.8) is 0 Å². The van der Waals surface area contributed by atoms with E-state index >= 15 is 0 Å². The van der Waals surface area contributed by atoms with Crippen molar-refractivity contribution in [2.24, 2.45) is 0 Å². The lowest BCUT2D eigenvalue weighted by molar-refractivity contribution is -0.127. The summed E-state index contributed by atoms with van der Waals surface area (Å²) in [4.78, 5) is 26.1. The van der Waals surface area contributed by atoms with Gasteiger partial charge in [-0.25, -0.2) is 0 Å². The predicted octanol–water partition coefficient (Wildman–Crippen LogP) is 1.30. The van der Waals surface area contributed by atoms with E-state index in [1.54, 1.807) is 7.05 Å². The van der Waals surface area contributed by atoms with Crippen molar-refractivity contribution < 1.29 is 14.3 Å². The zero-order chi connectivity index (χ0) is 16.8. The summed E-state index contributed by atoms with van der Waals surface area (Å²) in [5, 5.41) is 5.59. The van der Waals surface area contributed by atoms with Crippen LogP contribution in [0.15, 0.2) is 24.3 Å². The highest BCUT2D eigenvalue weighted by atomic mass is 16.5. The molecule has 1 aromatic rings. The van der Waals surface area contributed by atoms with Crippen LogP contribution in [0.4, 0.5) is 5.69 Å². The molecule has 1 aliphatic rings. The lowest BCUT2D eigenvalue weighted by Gasteiger charge is -2.35. The molecule has 1 aliphatic heterocycles. The summed E-state index contributed by atoms with van der Waals surface area (Å²) in [5.74, 6) is 0.393. The molecule has 1 aromatic carbocycles. The number of hydrogen-bond acceptors (Lipinski definition) is 4. The van der Waals surface area contributed by atoms with E-state index in [9.17, 15) is 9.59 Å². The fourth-order valence-electron chi connectivity index (χ4n) is 2.75. The second-order valence-corrected chi connectivity index (χ2v) is 5.83. The molecule has 2 N–H and O–H groups in total. The lowest BCUT2D eigenvalue weighted by atomic mass is 10.1. The number of likely N-dealkylation sites (N-methyl/N-ethyl adjacent to an activating group) is 1. The third-order valence-electron chi connectivity index (χ3n) is 3.86. The second kappa shape index (κ2) is 7.85. The van der Waals surface area contributed by atoms with E-state index in [0.717, 1.165) is 18.5 Å². The topological polar surface area (TPSA) is 70.7 Å². The van der Waals surface area contributed by atoms with Crippen LogP contribution in [0.25, 0.3) is 0 Å². The number of nitrogens with one attached hydrogen (secondary N) is 2. The Kier molecular flexibility index (Phi) is 5.84. The third-order valence-corrected chi connectivity index (χ3v) is 3.86. The van der Waals surface area contributed by atoms with E-state index in [4.69, 9.17) is 4.74 Å². The van der Waals surface area contributed by atoms with Gasteiger partial charge in [0.15, 0.2) is 6.10 Å². The van der Waals surface area contributed by atoms with E-state index in [0.29, 0.717) is 12.3 Å². The predicted molar refractivity (Wildman–Crippen MR) is 89.7 cm³/mol. The van der Waals surface area contributed by atoms with Crippen LogP contribution in [-0.2, 0) is 9.59 Å². The van der Waals surface area contributed by atoms with E-state index in [1.165, 1.54) is 0 Å². The van der Waals surface area contributed by atoms with Gasteiger partial charge in [-0.3, -0.25) is 9.59 Å². The Morgan fingerprint density at radius 2 is 2.13 bits per heavy atom. The highest BCUT2D eigenvalue weighted by Crippen LogP contribution is 2.32. The molecule has 2 unspecified atom stereocenters. The van der Waals surface area contributed by atoms with Crippen LogP contribution < -0.4 is 20.3 Å². The van der Waals surface area contributed by atoms with Gasteiger partial charge in [0.2, 0.25) is 5.91 Å². The molecule has 0 spiro atoms. The van der Waals surface area contributed by atoms with Crippen LogP contribution in [0, 0.1) is 0 Å². The molecule has 0 saturated heterocycles. The molecule has 0 aliphatic carbocycles. The molecular weight excluding hydrogens is 294 g/mol. The molecule has 2 atom stereocenters. The van der Waals surface area contributed by atoms with Crippen molar-refractivity contribution in [3.8, 4) is 5.75 Å². The number of para-hydroxylation sites is 2. The van der Waals surface area contributed by atoms with Crippen LogP contribution >= 0.6 is 0 Å². The molecule has 126 valence electrons. The van der Waals surface area contributed by atoms with Gasteiger partial charge in [-0.1, -0.05) is 25.5 Å². The Bertz CT molecular complexity index is 562. The minimum atomic E-state index is -0.615. The monoisotopic (exact) mass is 319 g/mol. The molecule has 6 nitrogen and oxygen atoms in total. The fraction of sp³-hybridized carbons (Fsp3) is 0.529. The number of carbonyl (C=O) groups is 2. The molecule has 0 bridgehead atoms. The number of ether oxygens (including phenoxy) is 1. The van der Waals surface area contributed by atoms with Gasteiger partial charge in [0.25, 0.3) is 5.91 Å². The number of carbonyl (C=O) groups excluding carboxylic acids is 2. The number of anilines is 1. The molecular formula is C17H25N3O3. The summed E-state index contributed by atoms with van der Waals surface area (Å²) in [6.07, 6.45) is 1.36. The average molecular weight is 319 g/mol. The lowest BCUT2D eigenvalue weighted by Crippen LogP contribution is -2.51. The number of nitrogens with zero attached hydrogens (tertiary/aromatic N) is 1. The van der Waals surface area contributed by atoms with Gasteiger partial charge in [-0.05, 0) is 25.5 Å². The molecule has 6 heteroatoms. The summed E-state index contributed by atoms with van der Waals surface area (Å²) < 4.78 is 5.73. The number of amides is 2. The average Bonchev–Trinajstić information content (AvgIpc) is 2.54. The molecule has 0 aromatic heterocycles. The first-order chi connectivity index (χ1) is 11.0. The standard InChI is InChI=1S/C17H25N3O3/c1-4-7-12(2)19-16(21)11-20-10-15(17(22)18-3)23-14-9-6-5-8-13(14)20/h5-6,8-9,12,15H,4,7,10-11H2,1-3H3,(H,18,22)(H,19,21). The maximum atomic E-state index is 12.3. The van der Waals surface area contributed by atoms with Crippen molar-refractivity contribution in [1.29, 1.82) is 0 Å². The van der Waals surface area contributed by atoms with Crippen LogP contribution in [0.3, 0.4) is 0 Å². The Hall–Kier alpha value is -2.24. The Morgan fingerprint density at radius 3 is 2.83 bits per heavy atom. The van der Waals surface area contributed by atoms with E-state index in [1.807, 2.05) is 36.1 Å². The van der Waals surface area contributed by atoms with Gasteiger partial charge in [-0.15, -0.1) is 0 Å². The summed E-state index contributed by atoms with van der Waals surface area (Å²) >= 11 is 0. The smallest absolute Gasteiger partial charge is 0.262 e. The number of rotatable bonds is 6. The van der Waals surface area contributed by atoms with Gasteiger partial charge in [-0.2, -0.15) is 0 Å². The number of hydrogen-bond donors (Lipinski definition) is 2. The summed E-state index contributed by atoms with van der Waals surface area (Å²) in [6, 6.07) is 7.62. The molecule has 2 amide bonds. The highest BCUT2D eigenvalue weighted by Gasteiger charge is 2.31. The van der Waals surface area contributed by atoms with Crippen molar-refractivity contribution in [1.82, 2.24) is 10.6 Å². The maximum absolute atomic E-state index is 12.3. The first kappa shape index (κ1) is 17.1. The second-order valence-electron chi connectivity index (χ2n) is 5.83. The zero-order valence-electron chi connectivity index (χ0n) is 14.0. The van der Waals surface area contributed by atoms with Crippen molar-refractivity contribution in [3.05, 3.63) is 24.3 Å². The SMILES string of the molecule is CCCC(C)NC(=O)CN1CC(C(=O)NC)Oc2ccccc21. The van der Waals surface area contributed by atoms with Crippen molar-refractivity contribution in [2.45, 2.75) is 38.8 Å². The Labute approximate surface area is 137 Å². The molecule has 2 rings (SSSR count). The normalized spacial score (nSPS) is 17.7. The minimum absolute atomic E-state index is 0.0432. The van der Waals surface area contributed by atoms with Gasteiger partial charge >= 0.3 is 0 Å². The first-order valence-corrected chi connectivity index (χ1v) is 8.06. The Balaban J connectivity index is 2.10. The van der Waals surface area contributed by atoms with Gasteiger partial charge in [0.05, 0.1) is 18.8 Å². The van der Waals surface area contributed by atoms with E-state index < -0.39 is 6.10 Å². The summed E-state index contributed by atoms with van der Waals surface area (Å²) in [7, 11) is 1.58. The fourth-order valence-corrected chi connectivity index (χ4v) is 2.75. The molecule has 23 heavy (non-hydrogen) atoms. The molecule has 1 heterocycles. The van der Waals surface area contributed by atoms with E-state index in [2.05, 4.69) is 17.6 Å². The van der Waals surface area contributed by atoms with Gasteiger partial charge < -0.3 is 20.3 Å². The quantitative estimate of drug-likeness (QED) is 0.829. The minimum Gasteiger partial charge on any atom is -0.477 e. The van der Waals surface area contributed by atoms with Crippen LogP contribution in [0.2, 0.25) is 0 Å². The summed E-state index contributed by atoms with van der Waals surface area (Å²) in [5.41, 5.74) is 0.839. The largest absolute Gasteiger partial charge is 0.477 e. The van der Waals surface area contributed by atoms with Gasteiger partial charge in [0, 0.05) is 13.1 Å². The van der Waals surface area contributed by atoms with Crippen LogP contribution in [0.5, 0.6) is 5.75 Å². The molecule has 0 saturated carbocycles. The molecule has 0 fully saturated rings. The van der Waals surface area contributed by atoms with Crippen molar-refractivity contribution >= 4 is 17.5 Å². The van der Waals surface area contributed by atoms with Gasteiger partial charge in [0.1, 0.15) is 5.75 Å². The molecule has 0 radical (unpaired) electrons. The number of fused-ring (bicyclic) bond motifs is 1. The van der Waals surface area contributed by atoms with Crippen molar-refractivity contribution in [2.75, 3.05) is 25.0 Å². The summed E-state index contributed by atoms with van der Waals surface area (Å²) in [6.45, 7) is 4.66. The highest BCUT2D eigenvalue weighted by molar-refractivity contribution is 5.86. The Morgan fingerprint density at radius 1 is 1.39 bits per heavy atom. The third kappa shape index (κ3) is 4.37. The first-order valence-electron chi connectivity index (χ1n) is 8.06. The maximum Gasteiger partial charge on any atom is 0.262 e. The van der Waals surface area contributed by atoms with Crippen LogP contribution in [0.1, 0.15) is 26.7 Å². The number of benzene rings is 1. The zero-order valence-corrected chi connectivity index (χ0v) is 14.0. The van der Waals surface area contributed by atoms with E-state index in [-0.39, 0.29) is 24.4 Å².